The summed E-state index contributed by atoms with van der Waals surface area (Å²) in [7, 11) is 0. The van der Waals surface area contributed by atoms with E-state index in [2.05, 4.69) is 0 Å². The molecule has 5 nitrogen and oxygen atoms in total. The van der Waals surface area contributed by atoms with Crippen LogP contribution >= 0.6 is 0 Å². The van der Waals surface area contributed by atoms with Crippen molar-refractivity contribution in [1.29, 1.82) is 0 Å². The van der Waals surface area contributed by atoms with Crippen LogP contribution in [0.4, 0.5) is 0 Å². The van der Waals surface area contributed by atoms with E-state index in [0.29, 0.717) is 11.3 Å². The van der Waals surface area contributed by atoms with Gasteiger partial charge in [0.1, 0.15) is 11.3 Å². The number of nitrogens with two attached hydrogens (primary N) is 1. The highest BCUT2D eigenvalue weighted by Gasteiger charge is 2.28. The first-order valence-corrected chi connectivity index (χ1v) is 5.88. The number of hydrogen-bond acceptors (Lipinski definition) is 3. The molecule has 4 N–H and O–H groups in total. The second-order valence-electron chi connectivity index (χ2n) is 4.81. The molecule has 0 bridgehead atoms. The molecule has 100 valence electrons. The summed E-state index contributed by atoms with van der Waals surface area (Å²) in [4.78, 5) is 11.0. The maximum absolute atomic E-state index is 11.0. The Morgan fingerprint density at radius 1 is 1.37 bits per heavy atom. The largest absolute Gasteiger partial charge is 0.506 e. The molecule has 5 heteroatoms. The maximum Gasteiger partial charge on any atom is 0.323 e. The lowest BCUT2D eigenvalue weighted by molar-refractivity contribution is -0.142. The number of nitrogens with zero attached hydrogens (tertiary/aromatic N) is 1. The van der Waals surface area contributed by atoms with Gasteiger partial charge in [0.2, 0.25) is 0 Å². The van der Waals surface area contributed by atoms with Gasteiger partial charge in [-0.05, 0) is 36.8 Å². The van der Waals surface area contributed by atoms with E-state index in [1.807, 2.05) is 24.5 Å². The highest BCUT2D eigenvalue weighted by atomic mass is 16.4. The van der Waals surface area contributed by atoms with Gasteiger partial charge >= 0.3 is 5.97 Å². The molecule has 2 aromatic rings. The zero-order valence-electron chi connectivity index (χ0n) is 10.6. The number of carboxylic acid groups (broad SMARTS) is 1. The van der Waals surface area contributed by atoms with Gasteiger partial charge in [-0.1, -0.05) is 6.07 Å². The van der Waals surface area contributed by atoms with Gasteiger partial charge in [-0.15, -0.1) is 0 Å². The third-order valence-electron chi connectivity index (χ3n) is 2.98. The summed E-state index contributed by atoms with van der Waals surface area (Å²) in [5, 5.41) is 19.0. The zero-order chi connectivity index (χ0) is 14.0. The molecule has 0 fully saturated rings. The summed E-state index contributed by atoms with van der Waals surface area (Å²) >= 11 is 0. The Hall–Kier alpha value is -2.27. The highest BCUT2D eigenvalue weighted by molar-refractivity contribution is 5.78. The van der Waals surface area contributed by atoms with Crippen molar-refractivity contribution in [3.63, 3.8) is 0 Å². The quantitative estimate of drug-likeness (QED) is 0.777. The molecular weight excluding hydrogens is 244 g/mol. The second-order valence-corrected chi connectivity index (χ2v) is 4.81. The van der Waals surface area contributed by atoms with E-state index in [-0.39, 0.29) is 12.2 Å². The highest BCUT2D eigenvalue weighted by Crippen LogP contribution is 2.24. The van der Waals surface area contributed by atoms with Gasteiger partial charge in [-0.25, -0.2) is 0 Å². The van der Waals surface area contributed by atoms with Crippen LogP contribution in [0, 0.1) is 0 Å². The Morgan fingerprint density at radius 3 is 2.53 bits per heavy atom. The number of rotatable bonds is 4. The van der Waals surface area contributed by atoms with Gasteiger partial charge in [-0.3, -0.25) is 4.79 Å². The van der Waals surface area contributed by atoms with Gasteiger partial charge in [-0.2, -0.15) is 0 Å². The Balaban J connectivity index is 2.27. The molecule has 0 saturated heterocycles. The minimum Gasteiger partial charge on any atom is -0.506 e. The first-order valence-electron chi connectivity index (χ1n) is 5.88. The van der Waals surface area contributed by atoms with E-state index >= 15 is 0 Å². The number of aromatic hydroxyl groups is 1. The van der Waals surface area contributed by atoms with E-state index in [9.17, 15) is 9.90 Å². The van der Waals surface area contributed by atoms with Crippen molar-refractivity contribution in [2.45, 2.75) is 18.9 Å². The molecule has 1 unspecified atom stereocenters. The molecule has 1 aromatic carbocycles. The summed E-state index contributed by atoms with van der Waals surface area (Å²) in [6.07, 6.45) is 3.79. The van der Waals surface area contributed by atoms with Crippen LogP contribution < -0.4 is 5.73 Å². The molecule has 0 spiro atoms. The number of carboxylic acids is 1. The van der Waals surface area contributed by atoms with Gasteiger partial charge in [0.05, 0.1) is 5.69 Å². The van der Waals surface area contributed by atoms with E-state index in [1.165, 1.54) is 6.92 Å². The average Bonchev–Trinajstić information content (AvgIpc) is 2.81. The van der Waals surface area contributed by atoms with Crippen LogP contribution in [0.3, 0.4) is 0 Å². The van der Waals surface area contributed by atoms with Gasteiger partial charge in [0.15, 0.2) is 0 Å². The molecular formula is C14H16N2O3. The summed E-state index contributed by atoms with van der Waals surface area (Å²) in [6, 6.07) is 8.76. The van der Waals surface area contributed by atoms with E-state index in [0.717, 1.165) is 0 Å². The minimum atomic E-state index is -1.35. The average molecular weight is 260 g/mol. The van der Waals surface area contributed by atoms with Crippen LogP contribution in [-0.4, -0.2) is 26.3 Å². The van der Waals surface area contributed by atoms with Crippen molar-refractivity contribution in [2.24, 2.45) is 5.73 Å². The van der Waals surface area contributed by atoms with Crippen LogP contribution in [0.25, 0.3) is 5.69 Å². The number of aliphatic carboxylic acids is 1. The molecule has 0 aliphatic carbocycles. The minimum absolute atomic E-state index is 0.0925. The monoisotopic (exact) mass is 260 g/mol. The van der Waals surface area contributed by atoms with Crippen LogP contribution in [0.5, 0.6) is 5.75 Å². The number of carbonyl (C=O) groups is 1. The SMILES string of the molecule is CC(N)(Cc1ccc(-n2cccc2)c(O)c1)C(=O)O. The van der Waals surface area contributed by atoms with E-state index in [1.54, 1.807) is 22.8 Å². The van der Waals surface area contributed by atoms with Crippen molar-refractivity contribution < 1.29 is 15.0 Å². The summed E-state index contributed by atoms with van der Waals surface area (Å²) < 4.78 is 1.78. The van der Waals surface area contributed by atoms with Crippen molar-refractivity contribution in [2.75, 3.05) is 0 Å². The molecule has 1 aromatic heterocycles. The van der Waals surface area contributed by atoms with Crippen LogP contribution in [0.15, 0.2) is 42.7 Å². The normalized spacial score (nSPS) is 14.0. The van der Waals surface area contributed by atoms with Gasteiger partial charge in [0.25, 0.3) is 0 Å². The summed E-state index contributed by atoms with van der Waals surface area (Å²) in [5.74, 6) is -0.976. The molecule has 0 radical (unpaired) electrons. The fourth-order valence-electron chi connectivity index (χ4n) is 1.89. The van der Waals surface area contributed by atoms with Gasteiger partial charge < -0.3 is 20.5 Å². The van der Waals surface area contributed by atoms with Crippen molar-refractivity contribution >= 4 is 5.97 Å². The van der Waals surface area contributed by atoms with E-state index < -0.39 is 11.5 Å². The fourth-order valence-corrected chi connectivity index (χ4v) is 1.89. The van der Waals surface area contributed by atoms with Gasteiger partial charge in [0, 0.05) is 18.8 Å². The number of hydrogen-bond donors (Lipinski definition) is 3. The lowest BCUT2D eigenvalue weighted by Gasteiger charge is -2.19. The lowest BCUT2D eigenvalue weighted by atomic mass is 9.94. The molecule has 2 rings (SSSR count). The van der Waals surface area contributed by atoms with Crippen LogP contribution in [0.2, 0.25) is 0 Å². The standard InChI is InChI=1S/C14H16N2O3/c1-14(15,13(18)19)9-10-4-5-11(12(17)8-10)16-6-2-3-7-16/h2-8,17H,9,15H2,1H3,(H,18,19). The van der Waals surface area contributed by atoms with Crippen LogP contribution in [0.1, 0.15) is 12.5 Å². The second kappa shape index (κ2) is 4.78. The Bertz CT molecular complexity index is 589. The third kappa shape index (κ3) is 2.77. The lowest BCUT2D eigenvalue weighted by Crippen LogP contribution is -2.46. The molecule has 0 saturated carbocycles. The molecule has 19 heavy (non-hydrogen) atoms. The fraction of sp³-hybridized carbons (Fsp3) is 0.214. The Kier molecular flexibility index (Phi) is 3.31. The van der Waals surface area contributed by atoms with Crippen molar-refractivity contribution in [1.82, 2.24) is 4.57 Å². The topological polar surface area (TPSA) is 88.5 Å². The number of phenolic OH excluding ortho intramolecular Hbond substituents is 1. The van der Waals surface area contributed by atoms with Crippen molar-refractivity contribution in [3.8, 4) is 11.4 Å². The summed E-state index contributed by atoms with van der Waals surface area (Å²) in [5.41, 5.74) is 5.66. The van der Waals surface area contributed by atoms with Crippen LogP contribution in [-0.2, 0) is 11.2 Å². The smallest absolute Gasteiger partial charge is 0.323 e. The molecule has 0 aliphatic rings. The number of benzene rings is 1. The molecule has 0 aliphatic heterocycles. The number of phenols is 1. The molecule has 0 amide bonds. The van der Waals surface area contributed by atoms with E-state index in [4.69, 9.17) is 10.8 Å². The number of aromatic nitrogens is 1. The maximum atomic E-state index is 11.0. The van der Waals surface area contributed by atoms with Crippen molar-refractivity contribution in [3.05, 3.63) is 48.3 Å². The Labute approximate surface area is 110 Å². The Morgan fingerprint density at radius 2 is 2.00 bits per heavy atom. The first-order chi connectivity index (χ1) is 8.90. The predicted octanol–water partition coefficient (Wildman–Crippen LogP) is 1.53. The summed E-state index contributed by atoms with van der Waals surface area (Å²) in [6.45, 7) is 1.45. The third-order valence-corrected chi connectivity index (χ3v) is 2.98. The predicted molar refractivity (Wildman–Crippen MR) is 71.4 cm³/mol. The molecule has 1 atom stereocenters. The molecule has 1 heterocycles. The zero-order valence-corrected chi connectivity index (χ0v) is 10.6. The first kappa shape index (κ1) is 13.2.